The fourth-order valence-electron chi connectivity index (χ4n) is 1.93. The Labute approximate surface area is 96.4 Å². The summed E-state index contributed by atoms with van der Waals surface area (Å²) in [6.07, 6.45) is 3.51. The molecule has 0 N–H and O–H groups in total. The molecule has 1 fully saturated rings. The SMILES string of the molecule is C=C[Si](C)(C)OC1([SiH](C)C)CCCCO1. The van der Waals surface area contributed by atoms with E-state index < -0.39 is 17.1 Å². The second-order valence-corrected chi connectivity index (χ2v) is 12.2. The maximum Gasteiger partial charge on any atom is 0.213 e. The molecule has 1 unspecified atom stereocenters. The minimum atomic E-state index is -1.73. The Kier molecular flexibility index (Phi) is 4.34. The molecule has 1 saturated heterocycles. The highest BCUT2D eigenvalue weighted by molar-refractivity contribution is 6.77. The first-order valence-electron chi connectivity index (χ1n) is 5.89. The zero-order chi connectivity index (χ0) is 11.5. The van der Waals surface area contributed by atoms with E-state index in [1.165, 1.54) is 12.8 Å². The summed E-state index contributed by atoms with van der Waals surface area (Å²) in [6.45, 7) is 13.8. The van der Waals surface area contributed by atoms with Crippen LogP contribution in [0, 0.1) is 0 Å². The fourth-order valence-corrected chi connectivity index (χ4v) is 6.15. The van der Waals surface area contributed by atoms with E-state index in [1.807, 2.05) is 5.70 Å². The molecule has 1 rings (SSSR count). The van der Waals surface area contributed by atoms with Gasteiger partial charge in [-0.2, -0.15) is 0 Å². The molecule has 2 nitrogen and oxygen atoms in total. The Morgan fingerprint density at radius 1 is 1.40 bits per heavy atom. The van der Waals surface area contributed by atoms with Crippen LogP contribution in [0.2, 0.25) is 26.2 Å². The van der Waals surface area contributed by atoms with Crippen LogP contribution >= 0.6 is 0 Å². The Hall–Kier alpha value is 0.0938. The van der Waals surface area contributed by atoms with Crippen LogP contribution in [-0.4, -0.2) is 29.1 Å². The molecular weight excluding hydrogens is 220 g/mol. The fraction of sp³-hybridized carbons (Fsp3) is 0.818. The van der Waals surface area contributed by atoms with E-state index >= 15 is 0 Å². The third kappa shape index (κ3) is 3.27. The lowest BCUT2D eigenvalue weighted by atomic mass is 10.2. The van der Waals surface area contributed by atoms with Gasteiger partial charge < -0.3 is 9.16 Å². The van der Waals surface area contributed by atoms with Gasteiger partial charge in [-0.25, -0.2) is 0 Å². The molecule has 0 aromatic carbocycles. The van der Waals surface area contributed by atoms with Crippen LogP contribution in [-0.2, 0) is 9.16 Å². The van der Waals surface area contributed by atoms with Crippen molar-refractivity contribution in [2.24, 2.45) is 0 Å². The zero-order valence-corrected chi connectivity index (χ0v) is 12.7. The van der Waals surface area contributed by atoms with Crippen LogP contribution in [0.1, 0.15) is 19.3 Å². The maximum absolute atomic E-state index is 6.34. The maximum atomic E-state index is 6.34. The van der Waals surface area contributed by atoms with Crippen LogP contribution in [0.3, 0.4) is 0 Å². The molecule has 0 radical (unpaired) electrons. The monoisotopic (exact) mass is 244 g/mol. The van der Waals surface area contributed by atoms with Crippen LogP contribution in [0.5, 0.6) is 0 Å². The van der Waals surface area contributed by atoms with Gasteiger partial charge in [0.1, 0.15) is 14.2 Å². The average Bonchev–Trinajstić information content (AvgIpc) is 2.18. The van der Waals surface area contributed by atoms with Crippen molar-refractivity contribution >= 4 is 17.1 Å². The molecule has 0 aromatic rings. The molecule has 88 valence electrons. The number of rotatable bonds is 4. The minimum absolute atomic E-state index is 0.206. The largest absolute Gasteiger partial charge is 0.390 e. The van der Waals surface area contributed by atoms with Gasteiger partial charge in [-0.1, -0.05) is 18.8 Å². The number of hydrogen-bond acceptors (Lipinski definition) is 2. The summed E-state index contributed by atoms with van der Waals surface area (Å²) in [7, 11) is -2.69. The predicted molar refractivity (Wildman–Crippen MR) is 70.2 cm³/mol. The Morgan fingerprint density at radius 2 is 2.07 bits per heavy atom. The van der Waals surface area contributed by atoms with E-state index in [2.05, 4.69) is 32.8 Å². The van der Waals surface area contributed by atoms with E-state index in [9.17, 15) is 0 Å². The summed E-state index contributed by atoms with van der Waals surface area (Å²) in [5.41, 5.74) is 1.80. The van der Waals surface area contributed by atoms with E-state index in [4.69, 9.17) is 9.16 Å². The Bertz CT molecular complexity index is 221. The average molecular weight is 244 g/mol. The molecule has 0 saturated carbocycles. The molecular formula is C11H24O2Si2. The predicted octanol–water partition coefficient (Wildman–Crippen LogP) is 2.86. The molecule has 1 aliphatic heterocycles. The van der Waals surface area contributed by atoms with E-state index in [0.29, 0.717) is 0 Å². The van der Waals surface area contributed by atoms with Crippen molar-refractivity contribution in [2.45, 2.75) is 50.9 Å². The second-order valence-electron chi connectivity index (χ2n) is 5.18. The molecule has 0 aromatic heterocycles. The third-order valence-electron chi connectivity index (χ3n) is 3.07. The normalized spacial score (nSPS) is 28.1. The van der Waals surface area contributed by atoms with Gasteiger partial charge in [0, 0.05) is 6.61 Å². The van der Waals surface area contributed by atoms with Crippen molar-refractivity contribution < 1.29 is 9.16 Å². The van der Waals surface area contributed by atoms with Gasteiger partial charge in [0.25, 0.3) is 0 Å². The lowest BCUT2D eigenvalue weighted by Gasteiger charge is -2.44. The molecule has 1 aliphatic rings. The van der Waals surface area contributed by atoms with E-state index in [1.54, 1.807) is 0 Å². The van der Waals surface area contributed by atoms with Gasteiger partial charge >= 0.3 is 0 Å². The Balaban J connectivity index is 2.77. The smallest absolute Gasteiger partial charge is 0.213 e. The highest BCUT2D eigenvalue weighted by atomic mass is 28.4. The number of ether oxygens (including phenoxy) is 1. The summed E-state index contributed by atoms with van der Waals surface area (Å²) in [5.74, 6) is 0. The standard InChI is InChI=1S/C11H24O2Si2/c1-6-15(4,5)13-11(14(2)3)9-7-8-10-12-11/h6,14H,1,7-10H2,2-5H3. The first-order valence-corrected chi connectivity index (χ1v) is 11.8. The molecule has 0 aliphatic carbocycles. The van der Waals surface area contributed by atoms with Gasteiger partial charge in [-0.3, -0.25) is 0 Å². The third-order valence-corrected chi connectivity index (χ3v) is 7.50. The molecule has 0 amide bonds. The molecule has 4 heteroatoms. The quantitative estimate of drug-likeness (QED) is 0.708. The highest BCUT2D eigenvalue weighted by Crippen LogP contribution is 2.32. The number of hydrogen-bond donors (Lipinski definition) is 0. The molecule has 1 atom stereocenters. The summed E-state index contributed by atoms with van der Waals surface area (Å²) in [6, 6.07) is 0. The van der Waals surface area contributed by atoms with E-state index in [0.717, 1.165) is 13.0 Å². The van der Waals surface area contributed by atoms with Crippen molar-refractivity contribution in [3.8, 4) is 0 Å². The van der Waals surface area contributed by atoms with Crippen LogP contribution < -0.4 is 0 Å². The molecule has 0 bridgehead atoms. The summed E-state index contributed by atoms with van der Waals surface area (Å²) >= 11 is 0. The van der Waals surface area contributed by atoms with Crippen molar-refractivity contribution in [1.29, 1.82) is 0 Å². The zero-order valence-electron chi connectivity index (χ0n) is 10.5. The summed E-state index contributed by atoms with van der Waals surface area (Å²) < 4.78 is 12.3. The van der Waals surface area contributed by atoms with E-state index in [-0.39, 0.29) is 5.41 Å². The molecule has 1 heterocycles. The lowest BCUT2D eigenvalue weighted by molar-refractivity contribution is -0.153. The van der Waals surface area contributed by atoms with Gasteiger partial charge in [-0.05, 0) is 32.4 Å². The van der Waals surface area contributed by atoms with Crippen molar-refractivity contribution in [1.82, 2.24) is 0 Å². The lowest BCUT2D eigenvalue weighted by Crippen LogP contribution is -2.55. The van der Waals surface area contributed by atoms with Gasteiger partial charge in [0.15, 0.2) is 0 Å². The molecule has 15 heavy (non-hydrogen) atoms. The van der Waals surface area contributed by atoms with Crippen LogP contribution in [0.15, 0.2) is 12.3 Å². The van der Waals surface area contributed by atoms with Crippen molar-refractivity contribution in [3.05, 3.63) is 12.3 Å². The summed E-state index contributed by atoms with van der Waals surface area (Å²) in [5, 5.41) is 0. The molecule has 0 spiro atoms. The van der Waals surface area contributed by atoms with Gasteiger partial charge in [0.05, 0.1) is 0 Å². The topological polar surface area (TPSA) is 18.5 Å². The first-order chi connectivity index (χ1) is 6.92. The van der Waals surface area contributed by atoms with Crippen molar-refractivity contribution in [3.63, 3.8) is 0 Å². The first kappa shape index (κ1) is 13.2. The van der Waals surface area contributed by atoms with Crippen molar-refractivity contribution in [2.75, 3.05) is 6.61 Å². The van der Waals surface area contributed by atoms with Crippen LogP contribution in [0.25, 0.3) is 0 Å². The second kappa shape index (κ2) is 4.95. The Morgan fingerprint density at radius 3 is 2.47 bits per heavy atom. The summed E-state index contributed by atoms with van der Waals surface area (Å²) in [4.78, 5) is 0. The van der Waals surface area contributed by atoms with Gasteiger partial charge in [-0.15, -0.1) is 6.58 Å². The minimum Gasteiger partial charge on any atom is -0.390 e. The van der Waals surface area contributed by atoms with Gasteiger partial charge in [0.2, 0.25) is 8.32 Å². The van der Waals surface area contributed by atoms with Crippen LogP contribution in [0.4, 0.5) is 0 Å². The highest BCUT2D eigenvalue weighted by Gasteiger charge is 2.42.